The molecule has 2 fully saturated rings. The summed E-state index contributed by atoms with van der Waals surface area (Å²) in [6, 6.07) is 13.6. The smallest absolute Gasteiger partial charge is 0.255 e. The van der Waals surface area contributed by atoms with E-state index < -0.39 is 55.9 Å². The molecule has 0 spiro atoms. The van der Waals surface area contributed by atoms with E-state index in [9.17, 15) is 22.7 Å². The second kappa shape index (κ2) is 14.3. The van der Waals surface area contributed by atoms with Gasteiger partial charge in [-0.05, 0) is 90.8 Å². The number of piperazine rings is 1. The van der Waals surface area contributed by atoms with E-state index in [0.29, 0.717) is 37.6 Å². The van der Waals surface area contributed by atoms with Crippen molar-refractivity contribution in [3.05, 3.63) is 130 Å². The first kappa shape index (κ1) is 34.5. The third-order valence-electron chi connectivity index (χ3n) is 9.39. The number of hydrogen-bond acceptors (Lipinski definition) is 6. The molecule has 1 aliphatic carbocycles. The highest BCUT2D eigenvalue weighted by atomic mass is 32.2. The number of nitrogens with one attached hydrogen (secondary N) is 2. The van der Waals surface area contributed by atoms with Crippen LogP contribution in [0.4, 0.5) is 17.6 Å². The highest BCUT2D eigenvalue weighted by molar-refractivity contribution is 7.90. The van der Waals surface area contributed by atoms with E-state index in [1.54, 1.807) is 12.1 Å². The van der Waals surface area contributed by atoms with E-state index in [1.807, 2.05) is 0 Å². The lowest BCUT2D eigenvalue weighted by Gasteiger charge is -2.38. The summed E-state index contributed by atoms with van der Waals surface area (Å²) in [5.74, 6) is -3.95. The van der Waals surface area contributed by atoms with Gasteiger partial charge in [0, 0.05) is 49.9 Å². The SMILES string of the molecule is O=C(NCC[C@](c1ccc(F)cc1)(c1cc(F)cc(F)c1)c1cncc(F)c1CC[C@H]1CNCCN1S(=O)(=O)C1CC1)c1ccccc1O. The zero-order valence-corrected chi connectivity index (χ0v) is 27.3. The molecule has 1 saturated carbocycles. The molecule has 2 aliphatic rings. The fraction of sp³-hybridized carbons (Fsp3) is 0.333. The first-order valence-electron chi connectivity index (χ1n) is 16.1. The van der Waals surface area contributed by atoms with Gasteiger partial charge in [-0.1, -0.05) is 24.3 Å². The number of aromatic nitrogens is 1. The molecule has 3 aromatic carbocycles. The van der Waals surface area contributed by atoms with Gasteiger partial charge in [0.15, 0.2) is 0 Å². The van der Waals surface area contributed by atoms with Gasteiger partial charge in [-0.3, -0.25) is 9.78 Å². The minimum Gasteiger partial charge on any atom is -0.507 e. The van der Waals surface area contributed by atoms with Crippen LogP contribution < -0.4 is 10.6 Å². The molecular formula is C36H36F4N4O4S. The monoisotopic (exact) mass is 696 g/mol. The number of carbonyl (C=O) groups is 1. The summed E-state index contributed by atoms with van der Waals surface area (Å²) in [6.45, 7) is 1.01. The standard InChI is InChI=1S/C36H36F4N4O4S/c37-25-7-5-23(6-8-25)36(24-17-26(38)19-27(39)18-24,13-14-43-35(46)31-3-1-2-4-34(31)45)32-21-42-22-33(40)30(32)12-9-28-20-41-15-16-44(28)49(47,48)29-10-11-29/h1-8,17-19,21-22,28-29,41,45H,9-16,20H2,(H,43,46)/t28-,36-/m0/s1. The predicted octanol–water partition coefficient (Wildman–Crippen LogP) is 5.20. The molecule has 0 radical (unpaired) electrons. The van der Waals surface area contributed by atoms with E-state index in [-0.39, 0.29) is 60.4 Å². The number of carbonyl (C=O) groups excluding carboxylic acids is 1. The van der Waals surface area contributed by atoms with Crippen LogP contribution in [-0.2, 0) is 21.9 Å². The van der Waals surface area contributed by atoms with Crippen molar-refractivity contribution < 1.29 is 35.9 Å². The number of phenols is 1. The molecule has 1 aromatic heterocycles. The summed E-state index contributed by atoms with van der Waals surface area (Å²) in [4.78, 5) is 17.2. The van der Waals surface area contributed by atoms with Gasteiger partial charge in [-0.25, -0.2) is 26.0 Å². The third kappa shape index (κ3) is 7.19. The fourth-order valence-electron chi connectivity index (χ4n) is 6.84. The zero-order chi connectivity index (χ0) is 34.8. The molecule has 2 heterocycles. The largest absolute Gasteiger partial charge is 0.507 e. The first-order valence-corrected chi connectivity index (χ1v) is 17.6. The molecule has 1 saturated heterocycles. The summed E-state index contributed by atoms with van der Waals surface area (Å²) in [7, 11) is -3.53. The van der Waals surface area contributed by atoms with E-state index in [1.165, 1.54) is 46.9 Å². The minimum atomic E-state index is -3.53. The number of benzene rings is 3. The Labute approximate surface area is 282 Å². The summed E-state index contributed by atoms with van der Waals surface area (Å²) in [5, 5.41) is 15.8. The number of rotatable bonds is 12. The fourth-order valence-corrected chi connectivity index (χ4v) is 8.89. The van der Waals surface area contributed by atoms with Crippen LogP contribution in [0.3, 0.4) is 0 Å². The zero-order valence-electron chi connectivity index (χ0n) is 26.5. The molecule has 8 nitrogen and oxygen atoms in total. The number of pyridine rings is 1. The molecular weight excluding hydrogens is 660 g/mol. The highest BCUT2D eigenvalue weighted by Crippen LogP contribution is 2.45. The number of aromatic hydroxyl groups is 1. The summed E-state index contributed by atoms with van der Waals surface area (Å²) < 4.78 is 88.5. The van der Waals surface area contributed by atoms with Gasteiger partial charge >= 0.3 is 0 Å². The number of para-hydroxylation sites is 1. The van der Waals surface area contributed by atoms with Gasteiger partial charge < -0.3 is 15.7 Å². The van der Waals surface area contributed by atoms with Gasteiger partial charge in [0.2, 0.25) is 10.0 Å². The Balaban J connectivity index is 1.44. The second-order valence-corrected chi connectivity index (χ2v) is 14.7. The normalized spacial score (nSPS) is 18.2. The number of halogens is 4. The van der Waals surface area contributed by atoms with Crippen molar-refractivity contribution >= 4 is 15.9 Å². The molecule has 49 heavy (non-hydrogen) atoms. The summed E-state index contributed by atoms with van der Waals surface area (Å²) in [6.07, 6.45) is 3.81. The Hall–Kier alpha value is -4.33. The first-order chi connectivity index (χ1) is 23.5. The van der Waals surface area contributed by atoms with E-state index in [2.05, 4.69) is 15.6 Å². The lowest BCUT2D eigenvalue weighted by Crippen LogP contribution is -2.54. The molecule has 4 aromatic rings. The Morgan fingerprint density at radius 1 is 0.959 bits per heavy atom. The maximum absolute atomic E-state index is 16.1. The average Bonchev–Trinajstić information content (AvgIpc) is 3.93. The van der Waals surface area contributed by atoms with Crippen LogP contribution in [0.2, 0.25) is 0 Å². The maximum Gasteiger partial charge on any atom is 0.255 e. The lowest BCUT2D eigenvalue weighted by molar-refractivity contribution is 0.0949. The number of sulfonamides is 1. The van der Waals surface area contributed by atoms with Crippen molar-refractivity contribution in [2.75, 3.05) is 26.2 Å². The highest BCUT2D eigenvalue weighted by Gasteiger charge is 2.44. The van der Waals surface area contributed by atoms with Crippen molar-refractivity contribution in [2.24, 2.45) is 0 Å². The van der Waals surface area contributed by atoms with Crippen LogP contribution in [0.5, 0.6) is 5.75 Å². The molecule has 13 heteroatoms. The molecule has 3 N–H and O–H groups in total. The molecule has 1 amide bonds. The van der Waals surface area contributed by atoms with Crippen molar-refractivity contribution in [2.45, 2.75) is 48.8 Å². The van der Waals surface area contributed by atoms with Gasteiger partial charge in [-0.2, -0.15) is 4.31 Å². The molecule has 2 atom stereocenters. The molecule has 1 aliphatic heterocycles. The van der Waals surface area contributed by atoms with Crippen LogP contribution in [0.15, 0.2) is 79.1 Å². The Bertz CT molecular complexity index is 1920. The second-order valence-electron chi connectivity index (χ2n) is 12.5. The molecule has 0 bridgehead atoms. The van der Waals surface area contributed by atoms with Crippen molar-refractivity contribution in [1.82, 2.24) is 19.9 Å². The third-order valence-corrected chi connectivity index (χ3v) is 11.8. The number of hydrogen-bond donors (Lipinski definition) is 3. The minimum absolute atomic E-state index is 0.00610. The molecule has 258 valence electrons. The Morgan fingerprint density at radius 2 is 1.67 bits per heavy atom. The van der Waals surface area contributed by atoms with Crippen LogP contribution in [0, 0.1) is 23.3 Å². The Morgan fingerprint density at radius 3 is 2.37 bits per heavy atom. The topological polar surface area (TPSA) is 112 Å². The van der Waals surface area contributed by atoms with Crippen LogP contribution in [0.1, 0.15) is 58.3 Å². The average molecular weight is 697 g/mol. The van der Waals surface area contributed by atoms with Gasteiger partial charge in [0.1, 0.15) is 29.0 Å². The van der Waals surface area contributed by atoms with Gasteiger partial charge in [0.05, 0.1) is 17.0 Å². The molecule has 6 rings (SSSR count). The quantitative estimate of drug-likeness (QED) is 0.176. The predicted molar refractivity (Wildman–Crippen MR) is 176 cm³/mol. The van der Waals surface area contributed by atoms with E-state index in [0.717, 1.165) is 18.3 Å². The van der Waals surface area contributed by atoms with Crippen LogP contribution >= 0.6 is 0 Å². The number of nitrogens with zero attached hydrogens (tertiary/aromatic N) is 2. The number of amides is 1. The van der Waals surface area contributed by atoms with E-state index >= 15 is 13.2 Å². The molecule has 0 unspecified atom stereocenters. The van der Waals surface area contributed by atoms with Gasteiger partial charge in [0.25, 0.3) is 5.91 Å². The van der Waals surface area contributed by atoms with Crippen molar-refractivity contribution in [1.29, 1.82) is 0 Å². The van der Waals surface area contributed by atoms with E-state index in [4.69, 9.17) is 0 Å². The lowest BCUT2D eigenvalue weighted by atomic mass is 9.66. The van der Waals surface area contributed by atoms with Crippen molar-refractivity contribution in [3.63, 3.8) is 0 Å². The van der Waals surface area contributed by atoms with Gasteiger partial charge in [-0.15, -0.1) is 0 Å². The Kier molecular flexibility index (Phi) is 10.0. The summed E-state index contributed by atoms with van der Waals surface area (Å²) >= 11 is 0. The summed E-state index contributed by atoms with van der Waals surface area (Å²) in [5.41, 5.74) is -0.795. The van der Waals surface area contributed by atoms with Crippen LogP contribution in [-0.4, -0.2) is 66.2 Å². The van der Waals surface area contributed by atoms with Crippen molar-refractivity contribution in [3.8, 4) is 5.75 Å². The number of phenolic OH excluding ortho intramolecular Hbond substituents is 1. The maximum atomic E-state index is 16.1. The van der Waals surface area contributed by atoms with Crippen LogP contribution in [0.25, 0.3) is 0 Å².